The van der Waals surface area contributed by atoms with Crippen LogP contribution in [0.4, 0.5) is 0 Å². The number of rotatable bonds is 9. The average Bonchev–Trinajstić information content (AvgIpc) is 2.76. The van der Waals surface area contributed by atoms with Crippen LogP contribution < -0.4 is 14.8 Å². The Hall–Kier alpha value is -2.57. The molecule has 3 rings (SSSR count). The summed E-state index contributed by atoms with van der Waals surface area (Å²) >= 11 is 0. The molecule has 1 aliphatic heterocycles. The zero-order valence-electron chi connectivity index (χ0n) is 16.3. The highest BCUT2D eigenvalue weighted by molar-refractivity contribution is 5.76. The summed E-state index contributed by atoms with van der Waals surface area (Å²) < 4.78 is 16.3. The molecule has 0 radical (unpaired) electrons. The van der Waals surface area contributed by atoms with Crippen molar-refractivity contribution in [1.29, 1.82) is 0 Å². The molecule has 1 amide bonds. The van der Waals surface area contributed by atoms with Crippen molar-refractivity contribution in [3.63, 3.8) is 0 Å². The van der Waals surface area contributed by atoms with Gasteiger partial charge in [-0.25, -0.2) is 0 Å². The van der Waals surface area contributed by atoms with Crippen LogP contribution in [0.1, 0.15) is 18.0 Å². The average molecular weight is 384 g/mol. The van der Waals surface area contributed by atoms with Gasteiger partial charge in [0, 0.05) is 19.6 Å². The largest absolute Gasteiger partial charge is 0.497 e. The van der Waals surface area contributed by atoms with E-state index in [0.29, 0.717) is 32.8 Å². The number of hydrogen-bond acceptors (Lipinski definition) is 5. The summed E-state index contributed by atoms with van der Waals surface area (Å²) in [7, 11) is 1.66. The van der Waals surface area contributed by atoms with Gasteiger partial charge in [0.1, 0.15) is 11.5 Å². The Morgan fingerprint density at radius 3 is 2.46 bits per heavy atom. The van der Waals surface area contributed by atoms with Crippen LogP contribution in [0.5, 0.6) is 11.5 Å². The molecule has 0 aliphatic carbocycles. The maximum atomic E-state index is 12.3. The van der Waals surface area contributed by atoms with Crippen LogP contribution in [0.15, 0.2) is 54.6 Å². The van der Waals surface area contributed by atoms with E-state index in [1.165, 1.54) is 0 Å². The molecular weight excluding hydrogens is 356 g/mol. The molecule has 2 aromatic carbocycles. The second kappa shape index (κ2) is 10.7. The Balaban J connectivity index is 1.53. The monoisotopic (exact) mass is 384 g/mol. The zero-order chi connectivity index (χ0) is 19.6. The van der Waals surface area contributed by atoms with Crippen LogP contribution in [0.2, 0.25) is 0 Å². The quantitative estimate of drug-likeness (QED) is 0.720. The molecular formula is C22H28N2O4. The summed E-state index contributed by atoms with van der Waals surface area (Å²) in [4.78, 5) is 14.7. The number of para-hydroxylation sites is 1. The van der Waals surface area contributed by atoms with E-state index in [0.717, 1.165) is 30.2 Å². The fraction of sp³-hybridized carbons (Fsp3) is 0.409. The fourth-order valence-corrected chi connectivity index (χ4v) is 3.25. The number of nitrogens with one attached hydrogen (secondary N) is 1. The van der Waals surface area contributed by atoms with Crippen LogP contribution in [0.3, 0.4) is 0 Å². The smallest absolute Gasteiger partial charge is 0.223 e. The molecule has 1 atom stereocenters. The van der Waals surface area contributed by atoms with E-state index in [2.05, 4.69) is 22.3 Å². The lowest BCUT2D eigenvalue weighted by Gasteiger charge is -2.35. The number of methoxy groups -OCH3 is 1. The summed E-state index contributed by atoms with van der Waals surface area (Å²) in [5.74, 6) is 1.59. The third-order valence-electron chi connectivity index (χ3n) is 4.82. The normalized spacial score (nSPS) is 15.6. The predicted molar refractivity (Wildman–Crippen MR) is 108 cm³/mol. The summed E-state index contributed by atoms with van der Waals surface area (Å²) in [6, 6.07) is 17.7. The Kier molecular flexibility index (Phi) is 7.70. The first kappa shape index (κ1) is 20.2. The van der Waals surface area contributed by atoms with Crippen LogP contribution in [-0.2, 0) is 9.53 Å². The Bertz CT molecular complexity index is 715. The Morgan fingerprint density at radius 2 is 1.79 bits per heavy atom. The van der Waals surface area contributed by atoms with Crippen molar-refractivity contribution >= 4 is 5.91 Å². The second-order valence-corrected chi connectivity index (χ2v) is 6.65. The number of amides is 1. The van der Waals surface area contributed by atoms with Crippen molar-refractivity contribution in [3.05, 3.63) is 60.2 Å². The van der Waals surface area contributed by atoms with Crippen LogP contribution >= 0.6 is 0 Å². The summed E-state index contributed by atoms with van der Waals surface area (Å²) in [5.41, 5.74) is 1.16. The lowest BCUT2D eigenvalue weighted by molar-refractivity contribution is -0.121. The van der Waals surface area contributed by atoms with Crippen LogP contribution in [0.25, 0.3) is 0 Å². The lowest BCUT2D eigenvalue weighted by Crippen LogP contribution is -2.44. The number of morpholine rings is 1. The van der Waals surface area contributed by atoms with Crippen molar-refractivity contribution in [2.24, 2.45) is 0 Å². The minimum Gasteiger partial charge on any atom is -0.497 e. The molecule has 1 aliphatic rings. The highest BCUT2D eigenvalue weighted by atomic mass is 16.5. The minimum absolute atomic E-state index is 0.0114. The molecule has 2 aromatic rings. The van der Waals surface area contributed by atoms with E-state index in [1.54, 1.807) is 7.11 Å². The maximum absolute atomic E-state index is 12.3. The van der Waals surface area contributed by atoms with E-state index < -0.39 is 0 Å². The Labute approximate surface area is 166 Å². The first-order valence-electron chi connectivity index (χ1n) is 9.66. The van der Waals surface area contributed by atoms with Gasteiger partial charge in [0.2, 0.25) is 5.91 Å². The van der Waals surface area contributed by atoms with Gasteiger partial charge in [-0.05, 0) is 29.8 Å². The highest BCUT2D eigenvalue weighted by Gasteiger charge is 2.23. The van der Waals surface area contributed by atoms with E-state index >= 15 is 0 Å². The topological polar surface area (TPSA) is 60.0 Å². The third-order valence-corrected chi connectivity index (χ3v) is 4.82. The van der Waals surface area contributed by atoms with Gasteiger partial charge in [-0.15, -0.1) is 0 Å². The maximum Gasteiger partial charge on any atom is 0.223 e. The van der Waals surface area contributed by atoms with E-state index in [-0.39, 0.29) is 11.9 Å². The van der Waals surface area contributed by atoms with Gasteiger partial charge in [-0.1, -0.05) is 30.3 Å². The predicted octanol–water partition coefficient (Wildman–Crippen LogP) is 2.65. The highest BCUT2D eigenvalue weighted by Crippen LogP contribution is 2.23. The van der Waals surface area contributed by atoms with E-state index in [1.807, 2.05) is 42.5 Å². The number of carbonyl (C=O) groups excluding carboxylic acids is 1. The molecule has 1 saturated heterocycles. The Morgan fingerprint density at radius 1 is 1.07 bits per heavy atom. The standard InChI is InChI=1S/C22H28N2O4/c1-26-19-9-7-18(8-10-19)21(24-12-15-27-16-13-24)17-23-22(25)11-14-28-20-5-3-2-4-6-20/h2-10,21H,11-17H2,1H3,(H,23,25). The molecule has 0 aromatic heterocycles. The van der Waals surface area contributed by atoms with Crippen molar-refractivity contribution in [2.45, 2.75) is 12.5 Å². The molecule has 6 heteroatoms. The molecule has 1 N–H and O–H groups in total. The first-order valence-corrected chi connectivity index (χ1v) is 9.66. The molecule has 1 heterocycles. The summed E-state index contributed by atoms with van der Waals surface area (Å²) in [6.45, 7) is 4.04. The van der Waals surface area contributed by atoms with Gasteiger partial charge < -0.3 is 19.5 Å². The fourth-order valence-electron chi connectivity index (χ4n) is 3.25. The van der Waals surface area contributed by atoms with Crippen molar-refractivity contribution < 1.29 is 19.0 Å². The molecule has 0 bridgehead atoms. The number of ether oxygens (including phenoxy) is 3. The van der Waals surface area contributed by atoms with Gasteiger partial charge in [-0.2, -0.15) is 0 Å². The molecule has 28 heavy (non-hydrogen) atoms. The molecule has 0 spiro atoms. The number of benzene rings is 2. The van der Waals surface area contributed by atoms with Gasteiger partial charge in [-0.3, -0.25) is 9.69 Å². The molecule has 1 fully saturated rings. The number of hydrogen-bond donors (Lipinski definition) is 1. The van der Waals surface area contributed by atoms with Gasteiger partial charge in [0.25, 0.3) is 0 Å². The van der Waals surface area contributed by atoms with Gasteiger partial charge in [0.15, 0.2) is 0 Å². The SMILES string of the molecule is COc1ccc(C(CNC(=O)CCOc2ccccc2)N2CCOCC2)cc1. The zero-order valence-corrected chi connectivity index (χ0v) is 16.3. The second-order valence-electron chi connectivity index (χ2n) is 6.65. The van der Waals surface area contributed by atoms with Crippen LogP contribution in [-0.4, -0.2) is 57.4 Å². The van der Waals surface area contributed by atoms with E-state index in [9.17, 15) is 4.79 Å². The lowest BCUT2D eigenvalue weighted by atomic mass is 10.0. The first-order chi connectivity index (χ1) is 13.8. The minimum atomic E-state index is -0.0114. The van der Waals surface area contributed by atoms with Crippen LogP contribution in [0, 0.1) is 0 Å². The summed E-state index contributed by atoms with van der Waals surface area (Å²) in [5, 5.41) is 3.06. The summed E-state index contributed by atoms with van der Waals surface area (Å²) in [6.07, 6.45) is 0.327. The third kappa shape index (κ3) is 5.97. The molecule has 150 valence electrons. The number of nitrogens with zero attached hydrogens (tertiary/aromatic N) is 1. The number of carbonyl (C=O) groups is 1. The van der Waals surface area contributed by atoms with Crippen molar-refractivity contribution in [1.82, 2.24) is 10.2 Å². The van der Waals surface area contributed by atoms with Gasteiger partial charge in [0.05, 0.1) is 39.4 Å². The van der Waals surface area contributed by atoms with E-state index in [4.69, 9.17) is 14.2 Å². The van der Waals surface area contributed by atoms with Crippen molar-refractivity contribution in [3.8, 4) is 11.5 Å². The van der Waals surface area contributed by atoms with Crippen molar-refractivity contribution in [2.75, 3.05) is 46.6 Å². The van der Waals surface area contributed by atoms with Gasteiger partial charge >= 0.3 is 0 Å². The molecule has 1 unspecified atom stereocenters. The molecule has 6 nitrogen and oxygen atoms in total. The molecule has 0 saturated carbocycles.